The number of carboxylic acids is 1. The molecule has 1 amide bonds. The van der Waals surface area contributed by atoms with E-state index in [2.05, 4.69) is 5.32 Å². The molecule has 24 heavy (non-hydrogen) atoms. The lowest BCUT2D eigenvalue weighted by Crippen LogP contribution is -2.45. The molecule has 126 valence electrons. The largest absolute Gasteiger partial charge is 0.480 e. The molecule has 5 heteroatoms. The van der Waals surface area contributed by atoms with Crippen molar-refractivity contribution in [2.75, 3.05) is 6.67 Å². The summed E-state index contributed by atoms with van der Waals surface area (Å²) in [6.45, 7) is -1.13. The highest BCUT2D eigenvalue weighted by Crippen LogP contribution is 2.15. The van der Waals surface area contributed by atoms with Crippen LogP contribution in [-0.4, -0.2) is 29.7 Å². The Hall–Kier alpha value is -2.69. The first-order valence-electron chi connectivity index (χ1n) is 7.77. The van der Waals surface area contributed by atoms with Gasteiger partial charge < -0.3 is 10.4 Å². The van der Waals surface area contributed by atoms with Gasteiger partial charge in [-0.2, -0.15) is 0 Å². The summed E-state index contributed by atoms with van der Waals surface area (Å²) in [6.07, 6.45) is 0.917. The lowest BCUT2D eigenvalue weighted by molar-refractivity contribution is -0.142. The maximum absolute atomic E-state index is 12.8. The van der Waals surface area contributed by atoms with Crippen LogP contribution in [0.25, 0.3) is 0 Å². The number of carbonyl (C=O) groups excluding carboxylic acids is 1. The molecule has 0 aliphatic rings. The molecule has 0 saturated heterocycles. The van der Waals surface area contributed by atoms with Crippen molar-refractivity contribution >= 4 is 11.9 Å². The molecule has 4 nitrogen and oxygen atoms in total. The molecule has 0 saturated carbocycles. The van der Waals surface area contributed by atoms with Crippen LogP contribution in [0.15, 0.2) is 60.7 Å². The third-order valence-corrected chi connectivity index (χ3v) is 3.79. The van der Waals surface area contributed by atoms with Crippen molar-refractivity contribution in [3.8, 4) is 0 Å². The van der Waals surface area contributed by atoms with E-state index in [1.807, 2.05) is 60.7 Å². The van der Waals surface area contributed by atoms with Gasteiger partial charge in [-0.15, -0.1) is 0 Å². The standard InChI is InChI=1S/C19H20FNO3/c20-13-17(19(23)24)21-18(22)16(11-14-7-3-1-4-8-14)12-15-9-5-2-6-10-15/h1-10,16-17H,11-13H2,(H,21,22)(H,23,24). The first-order valence-corrected chi connectivity index (χ1v) is 7.77. The average Bonchev–Trinajstić information content (AvgIpc) is 2.60. The normalized spacial score (nSPS) is 11.9. The fourth-order valence-electron chi connectivity index (χ4n) is 2.51. The molecule has 0 aliphatic heterocycles. The molecular weight excluding hydrogens is 309 g/mol. The molecule has 0 heterocycles. The van der Waals surface area contributed by atoms with Gasteiger partial charge in [0, 0.05) is 5.92 Å². The quantitative estimate of drug-likeness (QED) is 0.782. The molecule has 2 aromatic rings. The van der Waals surface area contributed by atoms with E-state index in [1.165, 1.54) is 0 Å². The third-order valence-electron chi connectivity index (χ3n) is 3.79. The molecule has 0 aliphatic carbocycles. The molecule has 1 unspecified atom stereocenters. The Labute approximate surface area is 140 Å². The number of aliphatic carboxylic acids is 1. The average molecular weight is 329 g/mol. The van der Waals surface area contributed by atoms with E-state index in [0.29, 0.717) is 12.8 Å². The monoisotopic (exact) mass is 329 g/mol. The summed E-state index contributed by atoms with van der Waals surface area (Å²) in [4.78, 5) is 23.4. The molecule has 0 aromatic heterocycles. The fourth-order valence-corrected chi connectivity index (χ4v) is 2.51. The van der Waals surface area contributed by atoms with Crippen LogP contribution < -0.4 is 5.32 Å². The van der Waals surface area contributed by atoms with Crippen molar-refractivity contribution in [1.82, 2.24) is 5.32 Å². The summed E-state index contributed by atoms with van der Waals surface area (Å²) in [5.74, 6) is -2.29. The minimum Gasteiger partial charge on any atom is -0.480 e. The highest BCUT2D eigenvalue weighted by Gasteiger charge is 2.25. The van der Waals surface area contributed by atoms with E-state index >= 15 is 0 Å². The van der Waals surface area contributed by atoms with Gasteiger partial charge in [0.05, 0.1) is 0 Å². The maximum atomic E-state index is 12.8. The predicted octanol–water partition coefficient (Wildman–Crippen LogP) is 2.63. The molecule has 2 rings (SSSR count). The third kappa shape index (κ3) is 5.19. The van der Waals surface area contributed by atoms with Gasteiger partial charge in [-0.25, -0.2) is 9.18 Å². The Morgan fingerprint density at radius 2 is 1.38 bits per heavy atom. The number of rotatable bonds is 8. The van der Waals surface area contributed by atoms with Crippen LogP contribution >= 0.6 is 0 Å². The summed E-state index contributed by atoms with van der Waals surface area (Å²) >= 11 is 0. The van der Waals surface area contributed by atoms with E-state index in [4.69, 9.17) is 5.11 Å². The van der Waals surface area contributed by atoms with Gasteiger partial charge in [0.2, 0.25) is 5.91 Å². The molecule has 0 bridgehead atoms. The van der Waals surface area contributed by atoms with Crippen LogP contribution in [0.1, 0.15) is 11.1 Å². The summed E-state index contributed by atoms with van der Waals surface area (Å²) in [5, 5.41) is 11.2. The number of benzene rings is 2. The van der Waals surface area contributed by atoms with Crippen molar-refractivity contribution in [3.63, 3.8) is 0 Å². The SMILES string of the molecule is O=C(NC(CF)C(=O)O)C(Cc1ccccc1)Cc1ccccc1. The summed E-state index contributed by atoms with van der Waals surface area (Å²) < 4.78 is 12.8. The molecule has 0 radical (unpaired) electrons. The molecular formula is C19H20FNO3. The summed E-state index contributed by atoms with van der Waals surface area (Å²) in [6, 6.07) is 17.4. The zero-order chi connectivity index (χ0) is 17.4. The number of carboxylic acid groups (broad SMARTS) is 1. The minimum atomic E-state index is -1.51. The van der Waals surface area contributed by atoms with Gasteiger partial charge in [-0.1, -0.05) is 60.7 Å². The number of halogens is 1. The summed E-state index contributed by atoms with van der Waals surface area (Å²) in [5.41, 5.74) is 1.95. The first kappa shape index (κ1) is 17.7. The number of hydrogen-bond donors (Lipinski definition) is 2. The van der Waals surface area contributed by atoms with Gasteiger partial charge in [-0.05, 0) is 24.0 Å². The lowest BCUT2D eigenvalue weighted by Gasteiger charge is -2.19. The van der Waals surface area contributed by atoms with Crippen LogP contribution in [0, 0.1) is 5.92 Å². The fraction of sp³-hybridized carbons (Fsp3) is 0.263. The molecule has 2 aromatic carbocycles. The van der Waals surface area contributed by atoms with Crippen molar-refractivity contribution in [2.45, 2.75) is 18.9 Å². The lowest BCUT2D eigenvalue weighted by atomic mass is 9.91. The predicted molar refractivity (Wildman–Crippen MR) is 89.3 cm³/mol. The Morgan fingerprint density at radius 1 is 0.917 bits per heavy atom. The van der Waals surface area contributed by atoms with Gasteiger partial charge >= 0.3 is 5.97 Å². The smallest absolute Gasteiger partial charge is 0.328 e. The second kappa shape index (κ2) is 8.82. The number of nitrogens with one attached hydrogen (secondary N) is 1. The Balaban J connectivity index is 2.15. The van der Waals surface area contributed by atoms with Crippen molar-refractivity contribution in [1.29, 1.82) is 0 Å². The highest BCUT2D eigenvalue weighted by molar-refractivity contribution is 5.85. The van der Waals surface area contributed by atoms with Gasteiger partial charge in [-0.3, -0.25) is 4.79 Å². The van der Waals surface area contributed by atoms with E-state index in [9.17, 15) is 14.0 Å². The number of carbonyl (C=O) groups is 2. The van der Waals surface area contributed by atoms with Crippen LogP contribution in [0.2, 0.25) is 0 Å². The molecule has 1 atom stereocenters. The second-order valence-corrected chi connectivity index (χ2v) is 5.63. The van der Waals surface area contributed by atoms with E-state index in [1.54, 1.807) is 0 Å². The number of alkyl halides is 1. The van der Waals surface area contributed by atoms with E-state index in [0.717, 1.165) is 11.1 Å². The Kier molecular flexibility index (Phi) is 6.49. The van der Waals surface area contributed by atoms with Crippen LogP contribution in [0.5, 0.6) is 0 Å². The first-order chi connectivity index (χ1) is 11.6. The maximum Gasteiger partial charge on any atom is 0.328 e. The Bertz CT molecular complexity index is 619. The zero-order valence-electron chi connectivity index (χ0n) is 13.2. The van der Waals surface area contributed by atoms with Crippen LogP contribution in [0.3, 0.4) is 0 Å². The van der Waals surface area contributed by atoms with E-state index < -0.39 is 30.5 Å². The van der Waals surface area contributed by atoms with Crippen LogP contribution in [-0.2, 0) is 22.4 Å². The number of hydrogen-bond acceptors (Lipinski definition) is 2. The molecule has 0 spiro atoms. The second-order valence-electron chi connectivity index (χ2n) is 5.63. The Morgan fingerprint density at radius 3 is 1.75 bits per heavy atom. The van der Waals surface area contributed by atoms with Crippen molar-refractivity contribution < 1.29 is 19.1 Å². The molecule has 0 fully saturated rings. The molecule has 2 N–H and O–H groups in total. The zero-order valence-corrected chi connectivity index (χ0v) is 13.2. The van der Waals surface area contributed by atoms with Gasteiger partial charge in [0.15, 0.2) is 6.04 Å². The number of amides is 1. The summed E-state index contributed by atoms with van der Waals surface area (Å²) in [7, 11) is 0. The van der Waals surface area contributed by atoms with Gasteiger partial charge in [0.1, 0.15) is 6.67 Å². The topological polar surface area (TPSA) is 66.4 Å². The van der Waals surface area contributed by atoms with Crippen molar-refractivity contribution in [3.05, 3.63) is 71.8 Å². The highest BCUT2D eigenvalue weighted by atomic mass is 19.1. The van der Waals surface area contributed by atoms with Crippen LogP contribution in [0.4, 0.5) is 4.39 Å². The van der Waals surface area contributed by atoms with Crippen molar-refractivity contribution in [2.24, 2.45) is 5.92 Å². The minimum absolute atomic E-state index is 0.451. The van der Waals surface area contributed by atoms with Gasteiger partial charge in [0.25, 0.3) is 0 Å². The van der Waals surface area contributed by atoms with E-state index in [-0.39, 0.29) is 0 Å².